The van der Waals surface area contributed by atoms with Crippen molar-refractivity contribution in [2.45, 2.75) is 13.5 Å². The summed E-state index contributed by atoms with van der Waals surface area (Å²) in [6, 6.07) is 21.3. The highest BCUT2D eigenvalue weighted by Gasteiger charge is 2.14. The first-order valence-corrected chi connectivity index (χ1v) is 10.0. The topological polar surface area (TPSA) is 95.6 Å². The summed E-state index contributed by atoms with van der Waals surface area (Å²) in [6.45, 7) is 2.23. The highest BCUT2D eigenvalue weighted by molar-refractivity contribution is 6.02. The van der Waals surface area contributed by atoms with Gasteiger partial charge >= 0.3 is 5.97 Å². The standard InChI is InChI=1S/C24H21N3O5/c1-2-30-24(29)21-13-14-27(26-21)18-8-6-7-17(15-18)25-23(28)22-12-11-20(32-22)16-31-19-9-4-3-5-10-19/h3-15H,2,16H2,1H3,(H,25,28). The van der Waals surface area contributed by atoms with Crippen molar-refractivity contribution in [3.8, 4) is 11.4 Å². The van der Waals surface area contributed by atoms with Gasteiger partial charge in [0.1, 0.15) is 18.1 Å². The molecule has 0 aliphatic carbocycles. The van der Waals surface area contributed by atoms with Crippen molar-refractivity contribution >= 4 is 17.6 Å². The van der Waals surface area contributed by atoms with Gasteiger partial charge in [0.25, 0.3) is 5.91 Å². The van der Waals surface area contributed by atoms with Crippen LogP contribution < -0.4 is 10.1 Å². The molecule has 0 spiro atoms. The third-order valence-corrected chi connectivity index (χ3v) is 4.45. The largest absolute Gasteiger partial charge is 0.486 e. The lowest BCUT2D eigenvalue weighted by molar-refractivity contribution is 0.0519. The molecule has 32 heavy (non-hydrogen) atoms. The molecule has 162 valence electrons. The molecule has 4 aromatic rings. The maximum atomic E-state index is 12.6. The predicted octanol–water partition coefficient (Wildman–Crippen LogP) is 4.47. The van der Waals surface area contributed by atoms with Gasteiger partial charge in [-0.25, -0.2) is 9.48 Å². The number of ether oxygens (including phenoxy) is 2. The highest BCUT2D eigenvalue weighted by Crippen LogP contribution is 2.18. The van der Waals surface area contributed by atoms with Crippen molar-refractivity contribution in [1.29, 1.82) is 0 Å². The fourth-order valence-electron chi connectivity index (χ4n) is 2.95. The first-order chi connectivity index (χ1) is 15.6. The lowest BCUT2D eigenvalue weighted by Crippen LogP contribution is -2.11. The van der Waals surface area contributed by atoms with Gasteiger partial charge in [0.05, 0.1) is 12.3 Å². The maximum Gasteiger partial charge on any atom is 0.358 e. The summed E-state index contributed by atoms with van der Waals surface area (Å²) < 4.78 is 17.7. The summed E-state index contributed by atoms with van der Waals surface area (Å²) in [5.74, 6) is 0.555. The number of aromatic nitrogens is 2. The van der Waals surface area contributed by atoms with Crippen LogP contribution in [-0.2, 0) is 11.3 Å². The van der Waals surface area contributed by atoms with Crippen LogP contribution in [0.4, 0.5) is 5.69 Å². The molecule has 0 unspecified atom stereocenters. The lowest BCUT2D eigenvalue weighted by Gasteiger charge is -2.07. The summed E-state index contributed by atoms with van der Waals surface area (Å²) in [6.07, 6.45) is 1.65. The molecular formula is C24H21N3O5. The number of esters is 1. The van der Waals surface area contributed by atoms with E-state index < -0.39 is 5.97 Å². The van der Waals surface area contributed by atoms with Crippen molar-refractivity contribution in [2.75, 3.05) is 11.9 Å². The Bertz CT molecular complexity index is 1210. The fraction of sp³-hybridized carbons (Fsp3) is 0.125. The monoisotopic (exact) mass is 431 g/mol. The molecule has 1 N–H and O–H groups in total. The molecule has 0 saturated carbocycles. The molecule has 8 nitrogen and oxygen atoms in total. The third-order valence-electron chi connectivity index (χ3n) is 4.45. The molecule has 0 radical (unpaired) electrons. The van der Waals surface area contributed by atoms with E-state index in [1.807, 2.05) is 36.4 Å². The van der Waals surface area contributed by atoms with E-state index in [0.717, 1.165) is 5.75 Å². The zero-order valence-corrected chi connectivity index (χ0v) is 17.4. The van der Waals surface area contributed by atoms with Crippen LogP contribution in [0.3, 0.4) is 0 Å². The number of hydrogen-bond acceptors (Lipinski definition) is 6. The fourth-order valence-corrected chi connectivity index (χ4v) is 2.95. The van der Waals surface area contributed by atoms with Gasteiger partial charge in [-0.15, -0.1) is 0 Å². The van der Waals surface area contributed by atoms with Crippen LogP contribution in [0.25, 0.3) is 5.69 Å². The maximum absolute atomic E-state index is 12.6. The van der Waals surface area contributed by atoms with Gasteiger partial charge in [0.2, 0.25) is 0 Å². The van der Waals surface area contributed by atoms with E-state index in [-0.39, 0.29) is 30.6 Å². The highest BCUT2D eigenvalue weighted by atomic mass is 16.5. The number of amides is 1. The molecule has 2 heterocycles. The van der Waals surface area contributed by atoms with Crippen LogP contribution in [0.5, 0.6) is 5.75 Å². The van der Waals surface area contributed by atoms with Gasteiger partial charge in [-0.1, -0.05) is 24.3 Å². The van der Waals surface area contributed by atoms with Crippen molar-refractivity contribution in [3.05, 3.63) is 96.2 Å². The Morgan fingerprint density at radius 3 is 2.69 bits per heavy atom. The van der Waals surface area contributed by atoms with E-state index in [1.54, 1.807) is 49.5 Å². The summed E-state index contributed by atoms with van der Waals surface area (Å²) in [7, 11) is 0. The Balaban J connectivity index is 1.40. The molecule has 2 aromatic heterocycles. The van der Waals surface area contributed by atoms with E-state index in [9.17, 15) is 9.59 Å². The number of benzene rings is 2. The van der Waals surface area contributed by atoms with Crippen LogP contribution >= 0.6 is 0 Å². The quantitative estimate of drug-likeness (QED) is 0.414. The van der Waals surface area contributed by atoms with E-state index in [0.29, 0.717) is 17.1 Å². The van der Waals surface area contributed by atoms with E-state index in [1.165, 1.54) is 4.68 Å². The number of nitrogens with one attached hydrogen (secondary N) is 1. The van der Waals surface area contributed by atoms with E-state index in [2.05, 4.69) is 10.4 Å². The Kier molecular flexibility index (Phi) is 6.31. The van der Waals surface area contributed by atoms with Gasteiger partial charge in [-0.2, -0.15) is 5.10 Å². The van der Waals surface area contributed by atoms with E-state index in [4.69, 9.17) is 13.9 Å². The molecule has 8 heteroatoms. The SMILES string of the molecule is CCOC(=O)c1ccn(-c2cccc(NC(=O)c3ccc(COc4ccccc4)o3)c2)n1. The van der Waals surface area contributed by atoms with Gasteiger partial charge in [0.15, 0.2) is 11.5 Å². The Hall–Kier alpha value is -4.33. The molecule has 4 rings (SSSR count). The Morgan fingerprint density at radius 2 is 1.88 bits per heavy atom. The van der Waals surface area contributed by atoms with Crippen molar-refractivity contribution in [2.24, 2.45) is 0 Å². The lowest BCUT2D eigenvalue weighted by atomic mass is 10.2. The first kappa shape index (κ1) is 20.9. The molecular weight excluding hydrogens is 410 g/mol. The zero-order chi connectivity index (χ0) is 22.3. The van der Waals surface area contributed by atoms with Crippen molar-refractivity contribution < 1.29 is 23.5 Å². The van der Waals surface area contributed by atoms with Crippen molar-refractivity contribution in [1.82, 2.24) is 9.78 Å². The summed E-state index contributed by atoms with van der Waals surface area (Å²) in [5.41, 5.74) is 1.44. The van der Waals surface area contributed by atoms with Crippen LogP contribution in [0, 0.1) is 0 Å². The third kappa shape index (κ3) is 5.04. The average Bonchev–Trinajstić information content (AvgIpc) is 3.49. The van der Waals surface area contributed by atoms with E-state index >= 15 is 0 Å². The number of nitrogens with zero attached hydrogens (tertiary/aromatic N) is 2. The van der Waals surface area contributed by atoms with Gasteiger partial charge in [-0.3, -0.25) is 4.79 Å². The number of carbonyl (C=O) groups excluding carboxylic acids is 2. The smallest absolute Gasteiger partial charge is 0.358 e. The summed E-state index contributed by atoms with van der Waals surface area (Å²) in [4.78, 5) is 24.4. The first-order valence-electron chi connectivity index (χ1n) is 10.0. The molecule has 0 aliphatic rings. The molecule has 0 saturated heterocycles. The minimum Gasteiger partial charge on any atom is -0.486 e. The molecule has 1 amide bonds. The number of para-hydroxylation sites is 1. The minimum absolute atomic E-state index is 0.172. The molecule has 0 fully saturated rings. The normalized spacial score (nSPS) is 10.5. The van der Waals surface area contributed by atoms with Crippen LogP contribution in [0.2, 0.25) is 0 Å². The van der Waals surface area contributed by atoms with Gasteiger partial charge < -0.3 is 19.2 Å². The number of anilines is 1. The van der Waals surface area contributed by atoms with Gasteiger partial charge in [0, 0.05) is 11.9 Å². The number of hydrogen-bond donors (Lipinski definition) is 1. The second-order valence-corrected chi connectivity index (χ2v) is 6.74. The summed E-state index contributed by atoms with van der Waals surface area (Å²) in [5, 5.41) is 7.02. The van der Waals surface area contributed by atoms with Crippen LogP contribution in [-0.4, -0.2) is 28.3 Å². The minimum atomic E-state index is -0.486. The molecule has 2 aromatic carbocycles. The second-order valence-electron chi connectivity index (χ2n) is 6.74. The van der Waals surface area contributed by atoms with Crippen LogP contribution in [0.1, 0.15) is 33.7 Å². The molecule has 0 aliphatic heterocycles. The van der Waals surface area contributed by atoms with Crippen LogP contribution in [0.15, 0.2) is 83.4 Å². The average molecular weight is 431 g/mol. The Labute approximate surface area is 184 Å². The number of rotatable bonds is 8. The van der Waals surface area contributed by atoms with Crippen molar-refractivity contribution in [3.63, 3.8) is 0 Å². The zero-order valence-electron chi connectivity index (χ0n) is 17.4. The second kappa shape index (κ2) is 9.65. The number of furan rings is 1. The number of carbonyl (C=O) groups is 2. The summed E-state index contributed by atoms with van der Waals surface area (Å²) >= 11 is 0. The predicted molar refractivity (Wildman–Crippen MR) is 117 cm³/mol. The van der Waals surface area contributed by atoms with Gasteiger partial charge in [-0.05, 0) is 55.5 Å². The molecule has 0 atom stereocenters. The Morgan fingerprint density at radius 1 is 1.03 bits per heavy atom. The molecule has 0 bridgehead atoms.